The van der Waals surface area contributed by atoms with E-state index >= 15 is 0 Å². The summed E-state index contributed by atoms with van der Waals surface area (Å²) in [5, 5.41) is 10.2. The van der Waals surface area contributed by atoms with E-state index in [4.69, 9.17) is 28.4 Å². The minimum absolute atomic E-state index is 0.0654. The summed E-state index contributed by atoms with van der Waals surface area (Å²) in [6.07, 6.45) is 0.0654. The zero-order valence-corrected chi connectivity index (χ0v) is 16.3. The van der Waals surface area contributed by atoms with E-state index in [1.165, 1.54) is 35.5 Å². The van der Waals surface area contributed by atoms with Crippen LogP contribution in [0.1, 0.15) is 23.5 Å². The molecule has 2 aromatic rings. The third kappa shape index (κ3) is 3.11. The first kappa shape index (κ1) is 19.5. The molecule has 0 amide bonds. The molecule has 0 spiro atoms. The van der Waals surface area contributed by atoms with Crippen LogP contribution in [-0.4, -0.2) is 46.6 Å². The van der Waals surface area contributed by atoms with Gasteiger partial charge >= 0.3 is 5.97 Å². The number of carbonyl (C=O) groups excluding carboxylic acids is 1. The number of phenols is 1. The summed E-state index contributed by atoms with van der Waals surface area (Å²) in [6.45, 7) is 0. The van der Waals surface area contributed by atoms with Crippen LogP contribution in [0.4, 0.5) is 0 Å². The highest BCUT2D eigenvalue weighted by Gasteiger charge is 2.36. The molecule has 1 atom stereocenters. The molecule has 8 heteroatoms. The van der Waals surface area contributed by atoms with E-state index in [1.807, 2.05) is 0 Å². The van der Waals surface area contributed by atoms with E-state index in [0.717, 1.165) is 0 Å². The van der Waals surface area contributed by atoms with Gasteiger partial charge in [0.2, 0.25) is 11.5 Å². The molecule has 1 unspecified atom stereocenters. The number of esters is 1. The van der Waals surface area contributed by atoms with Crippen molar-refractivity contribution in [2.45, 2.75) is 12.3 Å². The molecule has 0 aromatic heterocycles. The average molecular weight is 390 g/mol. The summed E-state index contributed by atoms with van der Waals surface area (Å²) < 4.78 is 32.3. The van der Waals surface area contributed by atoms with Gasteiger partial charge in [0, 0.05) is 17.5 Å². The number of carbonyl (C=O) groups is 1. The summed E-state index contributed by atoms with van der Waals surface area (Å²) in [7, 11) is 7.37. The Balaban J connectivity index is 2.28. The second-order valence-electron chi connectivity index (χ2n) is 6.06. The van der Waals surface area contributed by atoms with Crippen molar-refractivity contribution in [2.24, 2.45) is 0 Å². The predicted octanol–water partition coefficient (Wildman–Crippen LogP) is 2.88. The van der Waals surface area contributed by atoms with Gasteiger partial charge in [-0.1, -0.05) is 0 Å². The number of rotatable bonds is 6. The monoisotopic (exact) mass is 390 g/mol. The lowest BCUT2D eigenvalue weighted by atomic mass is 9.85. The first-order valence-electron chi connectivity index (χ1n) is 8.47. The van der Waals surface area contributed by atoms with Crippen molar-refractivity contribution in [3.8, 4) is 40.2 Å². The second kappa shape index (κ2) is 7.75. The van der Waals surface area contributed by atoms with E-state index in [9.17, 15) is 9.90 Å². The molecule has 3 rings (SSSR count). The van der Waals surface area contributed by atoms with Crippen molar-refractivity contribution < 1.29 is 38.3 Å². The summed E-state index contributed by atoms with van der Waals surface area (Å²) in [6, 6.07) is 4.90. The molecule has 2 aromatic carbocycles. The molecule has 0 radical (unpaired) electrons. The van der Waals surface area contributed by atoms with Gasteiger partial charge in [0.1, 0.15) is 5.75 Å². The van der Waals surface area contributed by atoms with Gasteiger partial charge in [0.25, 0.3) is 0 Å². The van der Waals surface area contributed by atoms with Crippen LogP contribution in [0.5, 0.6) is 40.2 Å². The molecule has 8 nitrogen and oxygen atoms in total. The van der Waals surface area contributed by atoms with Crippen LogP contribution in [0.3, 0.4) is 0 Å². The van der Waals surface area contributed by atoms with Crippen LogP contribution in [0.15, 0.2) is 18.2 Å². The molecular weight excluding hydrogens is 368 g/mol. The third-order valence-electron chi connectivity index (χ3n) is 4.68. The van der Waals surface area contributed by atoms with Gasteiger partial charge in [-0.05, 0) is 17.7 Å². The number of benzene rings is 2. The van der Waals surface area contributed by atoms with Crippen molar-refractivity contribution in [3.63, 3.8) is 0 Å². The maximum atomic E-state index is 12.3. The Labute approximate surface area is 162 Å². The molecule has 0 bridgehead atoms. The summed E-state index contributed by atoms with van der Waals surface area (Å²) >= 11 is 0. The lowest BCUT2D eigenvalue weighted by molar-refractivity contribution is -0.135. The molecular formula is C20H22O8. The zero-order chi connectivity index (χ0) is 20.4. The molecule has 150 valence electrons. The van der Waals surface area contributed by atoms with E-state index in [0.29, 0.717) is 34.1 Å². The van der Waals surface area contributed by atoms with Gasteiger partial charge in [-0.25, -0.2) is 0 Å². The van der Waals surface area contributed by atoms with Crippen LogP contribution < -0.4 is 28.4 Å². The quantitative estimate of drug-likeness (QED) is 0.595. The van der Waals surface area contributed by atoms with Gasteiger partial charge in [0.15, 0.2) is 23.0 Å². The molecule has 0 fully saturated rings. The number of fused-ring (bicyclic) bond motifs is 1. The molecule has 0 aliphatic carbocycles. The average Bonchev–Trinajstić information content (AvgIpc) is 2.71. The Hall–Kier alpha value is -3.29. The van der Waals surface area contributed by atoms with Crippen molar-refractivity contribution in [1.82, 2.24) is 0 Å². The van der Waals surface area contributed by atoms with Gasteiger partial charge < -0.3 is 33.5 Å². The highest BCUT2D eigenvalue weighted by molar-refractivity contribution is 5.81. The first-order valence-corrected chi connectivity index (χ1v) is 8.47. The number of aromatic hydroxyl groups is 1. The molecule has 1 aliphatic rings. The van der Waals surface area contributed by atoms with E-state index < -0.39 is 11.9 Å². The van der Waals surface area contributed by atoms with Crippen LogP contribution in [0.2, 0.25) is 0 Å². The minimum Gasteiger partial charge on any atom is -0.502 e. The van der Waals surface area contributed by atoms with E-state index in [1.54, 1.807) is 18.2 Å². The van der Waals surface area contributed by atoms with Gasteiger partial charge in [-0.15, -0.1) is 0 Å². The molecule has 0 saturated carbocycles. The van der Waals surface area contributed by atoms with E-state index in [2.05, 4.69) is 0 Å². The van der Waals surface area contributed by atoms with Crippen molar-refractivity contribution in [2.75, 3.05) is 35.5 Å². The molecule has 0 saturated heterocycles. The van der Waals surface area contributed by atoms with Gasteiger partial charge in [0.05, 0.1) is 42.0 Å². The lowest BCUT2D eigenvalue weighted by Crippen LogP contribution is -2.22. The van der Waals surface area contributed by atoms with Gasteiger partial charge in [-0.2, -0.15) is 0 Å². The van der Waals surface area contributed by atoms with Crippen LogP contribution in [0, 0.1) is 0 Å². The Kier molecular flexibility index (Phi) is 5.39. The number of hydrogen-bond acceptors (Lipinski definition) is 8. The van der Waals surface area contributed by atoms with Crippen LogP contribution >= 0.6 is 0 Å². The standard InChI is InChI=1S/C20H22O8/c1-23-13-6-10(7-14(24-2)18(13)22)11-8-16(21)28-12-9-15(25-3)19(26-4)20(27-5)17(11)12/h6-7,9,11,22H,8H2,1-5H3. The van der Waals surface area contributed by atoms with Crippen molar-refractivity contribution >= 4 is 5.97 Å². The molecule has 1 heterocycles. The molecule has 28 heavy (non-hydrogen) atoms. The maximum Gasteiger partial charge on any atom is 0.312 e. The predicted molar refractivity (Wildman–Crippen MR) is 99.4 cm³/mol. The SMILES string of the molecule is COc1cc(C2CC(=O)Oc3cc(OC)c(OC)c(OC)c32)cc(OC)c1O. The summed E-state index contributed by atoms with van der Waals surface area (Å²) in [5.41, 5.74) is 1.32. The molecule has 1 N–H and O–H groups in total. The lowest BCUT2D eigenvalue weighted by Gasteiger charge is -2.29. The zero-order valence-electron chi connectivity index (χ0n) is 16.3. The highest BCUT2D eigenvalue weighted by Crippen LogP contribution is 2.53. The number of ether oxygens (including phenoxy) is 6. The number of methoxy groups -OCH3 is 5. The van der Waals surface area contributed by atoms with Crippen LogP contribution in [0.25, 0.3) is 0 Å². The second-order valence-corrected chi connectivity index (χ2v) is 6.06. The Bertz CT molecular complexity index is 881. The fourth-order valence-corrected chi connectivity index (χ4v) is 3.40. The highest BCUT2D eigenvalue weighted by atomic mass is 16.5. The summed E-state index contributed by atoms with van der Waals surface area (Å²) in [4.78, 5) is 12.3. The van der Waals surface area contributed by atoms with Crippen molar-refractivity contribution in [1.29, 1.82) is 0 Å². The topological polar surface area (TPSA) is 92.7 Å². The Morgan fingerprint density at radius 3 is 1.93 bits per heavy atom. The van der Waals surface area contributed by atoms with Crippen molar-refractivity contribution in [3.05, 3.63) is 29.3 Å². The smallest absolute Gasteiger partial charge is 0.312 e. The normalized spacial score (nSPS) is 15.3. The summed E-state index contributed by atoms with van der Waals surface area (Å²) in [5.74, 6) is 1.00. The third-order valence-corrected chi connectivity index (χ3v) is 4.68. The molecule has 1 aliphatic heterocycles. The Morgan fingerprint density at radius 2 is 1.43 bits per heavy atom. The van der Waals surface area contributed by atoms with Crippen LogP contribution in [-0.2, 0) is 4.79 Å². The maximum absolute atomic E-state index is 12.3. The minimum atomic E-state index is -0.436. The van der Waals surface area contributed by atoms with E-state index in [-0.39, 0.29) is 23.7 Å². The largest absolute Gasteiger partial charge is 0.502 e. The number of phenolic OH excluding ortho intramolecular Hbond substituents is 1. The first-order chi connectivity index (χ1) is 13.5. The number of hydrogen-bond donors (Lipinski definition) is 1. The fraction of sp³-hybridized carbons (Fsp3) is 0.350. The Morgan fingerprint density at radius 1 is 0.857 bits per heavy atom. The fourth-order valence-electron chi connectivity index (χ4n) is 3.40. The van der Waals surface area contributed by atoms with Gasteiger partial charge in [-0.3, -0.25) is 4.79 Å².